The number of likely N-dealkylation sites (tertiary alicyclic amines) is 1. The van der Waals surface area contributed by atoms with Gasteiger partial charge in [0, 0.05) is 43.1 Å². The zero-order chi connectivity index (χ0) is 16.8. The SMILES string of the molecule is O=S(=O)(NC[C@]12COC[C@H]1CN(Cc1ccccc1F)C2)C1CC1. The highest BCUT2D eigenvalue weighted by Crippen LogP contribution is 2.42. The molecule has 1 aliphatic carbocycles. The Bertz CT molecular complexity index is 722. The summed E-state index contributed by atoms with van der Waals surface area (Å²) >= 11 is 0. The van der Waals surface area contributed by atoms with Crippen molar-refractivity contribution in [1.29, 1.82) is 0 Å². The van der Waals surface area contributed by atoms with Crippen LogP contribution in [0.4, 0.5) is 4.39 Å². The van der Waals surface area contributed by atoms with Gasteiger partial charge in [0.2, 0.25) is 10.0 Å². The molecule has 2 saturated heterocycles. The molecule has 5 nitrogen and oxygen atoms in total. The van der Waals surface area contributed by atoms with Gasteiger partial charge in [0.05, 0.1) is 18.5 Å². The topological polar surface area (TPSA) is 58.6 Å². The maximum atomic E-state index is 13.9. The van der Waals surface area contributed by atoms with E-state index in [9.17, 15) is 12.8 Å². The third-order valence-electron chi connectivity index (χ3n) is 5.53. The molecule has 3 aliphatic rings. The summed E-state index contributed by atoms with van der Waals surface area (Å²) in [7, 11) is -3.19. The van der Waals surface area contributed by atoms with E-state index >= 15 is 0 Å². The first-order valence-electron chi connectivity index (χ1n) is 8.50. The largest absolute Gasteiger partial charge is 0.380 e. The van der Waals surface area contributed by atoms with Crippen LogP contribution in [0.5, 0.6) is 0 Å². The van der Waals surface area contributed by atoms with Crippen molar-refractivity contribution in [3.05, 3.63) is 35.6 Å². The van der Waals surface area contributed by atoms with Crippen molar-refractivity contribution in [1.82, 2.24) is 9.62 Å². The number of ether oxygens (including phenoxy) is 1. The number of benzene rings is 1. The third-order valence-corrected chi connectivity index (χ3v) is 7.43. The van der Waals surface area contributed by atoms with Crippen LogP contribution in [0.3, 0.4) is 0 Å². The lowest BCUT2D eigenvalue weighted by Gasteiger charge is -2.27. The molecule has 0 spiro atoms. The summed E-state index contributed by atoms with van der Waals surface area (Å²) < 4.78 is 46.6. The van der Waals surface area contributed by atoms with Gasteiger partial charge in [-0.3, -0.25) is 4.90 Å². The fourth-order valence-corrected chi connectivity index (χ4v) is 5.40. The van der Waals surface area contributed by atoms with E-state index in [2.05, 4.69) is 9.62 Å². The molecule has 3 fully saturated rings. The van der Waals surface area contributed by atoms with Gasteiger partial charge < -0.3 is 4.74 Å². The van der Waals surface area contributed by atoms with E-state index in [1.165, 1.54) is 6.07 Å². The van der Waals surface area contributed by atoms with Crippen molar-refractivity contribution in [2.45, 2.75) is 24.6 Å². The molecule has 1 saturated carbocycles. The Morgan fingerprint density at radius 3 is 2.88 bits per heavy atom. The standard InChI is InChI=1S/C17H23FN2O3S/c18-16-4-2-1-3-13(16)7-20-8-14-9-23-12-17(14,11-20)10-19-24(21,22)15-5-6-15/h1-4,14-15,19H,5-12H2/t14-,17+/m1/s1. The van der Waals surface area contributed by atoms with Gasteiger partial charge in [-0.15, -0.1) is 0 Å². The first-order chi connectivity index (χ1) is 11.5. The molecule has 1 aromatic carbocycles. The van der Waals surface area contributed by atoms with Crippen LogP contribution in [0.15, 0.2) is 24.3 Å². The molecule has 4 rings (SSSR count). The highest BCUT2D eigenvalue weighted by atomic mass is 32.2. The minimum absolute atomic E-state index is 0.186. The number of nitrogens with one attached hydrogen (secondary N) is 1. The van der Waals surface area contributed by atoms with Crippen LogP contribution in [0, 0.1) is 17.2 Å². The number of hydrogen-bond donors (Lipinski definition) is 1. The van der Waals surface area contributed by atoms with E-state index < -0.39 is 10.0 Å². The molecule has 1 aromatic rings. The normalized spacial score (nSPS) is 30.6. The quantitative estimate of drug-likeness (QED) is 0.838. The molecule has 132 valence electrons. The molecule has 7 heteroatoms. The van der Waals surface area contributed by atoms with Crippen LogP contribution in [0.2, 0.25) is 0 Å². The molecule has 24 heavy (non-hydrogen) atoms. The van der Waals surface area contributed by atoms with E-state index in [1.54, 1.807) is 6.07 Å². The molecule has 1 N–H and O–H groups in total. The van der Waals surface area contributed by atoms with Crippen molar-refractivity contribution < 1.29 is 17.5 Å². The van der Waals surface area contributed by atoms with Crippen molar-refractivity contribution in [3.8, 4) is 0 Å². The predicted octanol–water partition coefficient (Wildman–Crippen LogP) is 1.36. The minimum Gasteiger partial charge on any atom is -0.380 e. The van der Waals surface area contributed by atoms with Crippen molar-refractivity contribution >= 4 is 10.0 Å². The molecule has 0 amide bonds. The fourth-order valence-electron chi connectivity index (χ4n) is 3.92. The summed E-state index contributed by atoms with van der Waals surface area (Å²) in [5.74, 6) is 0.112. The average molecular weight is 354 g/mol. The van der Waals surface area contributed by atoms with Gasteiger partial charge in [0.25, 0.3) is 0 Å². The van der Waals surface area contributed by atoms with E-state index in [1.807, 2.05) is 12.1 Å². The van der Waals surface area contributed by atoms with Crippen LogP contribution in [-0.2, 0) is 21.3 Å². The van der Waals surface area contributed by atoms with Gasteiger partial charge in [0.15, 0.2) is 0 Å². The minimum atomic E-state index is -3.19. The fraction of sp³-hybridized carbons (Fsp3) is 0.647. The number of sulfonamides is 1. The van der Waals surface area contributed by atoms with Gasteiger partial charge in [-0.25, -0.2) is 17.5 Å². The molecule has 0 unspecified atom stereocenters. The number of fused-ring (bicyclic) bond motifs is 1. The van der Waals surface area contributed by atoms with Crippen molar-refractivity contribution in [2.75, 3.05) is 32.8 Å². The van der Waals surface area contributed by atoms with Gasteiger partial charge >= 0.3 is 0 Å². The van der Waals surface area contributed by atoms with E-state index in [0.29, 0.717) is 37.8 Å². The Morgan fingerprint density at radius 2 is 2.12 bits per heavy atom. The Balaban J connectivity index is 1.44. The van der Waals surface area contributed by atoms with Crippen LogP contribution in [0.1, 0.15) is 18.4 Å². The van der Waals surface area contributed by atoms with Crippen molar-refractivity contribution in [2.24, 2.45) is 11.3 Å². The van der Waals surface area contributed by atoms with Crippen LogP contribution >= 0.6 is 0 Å². The second kappa shape index (κ2) is 6.05. The molecule has 2 heterocycles. The number of hydrogen-bond acceptors (Lipinski definition) is 4. The summed E-state index contributed by atoms with van der Waals surface area (Å²) in [4.78, 5) is 2.22. The first-order valence-corrected chi connectivity index (χ1v) is 10.1. The molecule has 0 radical (unpaired) electrons. The van der Waals surface area contributed by atoms with E-state index in [4.69, 9.17) is 4.74 Å². The zero-order valence-electron chi connectivity index (χ0n) is 13.6. The second-order valence-corrected chi connectivity index (χ2v) is 9.45. The Hall–Kier alpha value is -1.02. The number of halogens is 1. The molecule has 0 bridgehead atoms. The zero-order valence-corrected chi connectivity index (χ0v) is 14.4. The molecule has 2 atom stereocenters. The number of rotatable bonds is 6. The smallest absolute Gasteiger partial charge is 0.214 e. The maximum absolute atomic E-state index is 13.9. The van der Waals surface area contributed by atoms with Crippen LogP contribution < -0.4 is 4.72 Å². The second-order valence-electron chi connectivity index (χ2n) is 7.40. The Kier molecular flexibility index (Phi) is 4.15. The summed E-state index contributed by atoms with van der Waals surface area (Å²) in [5, 5.41) is -0.203. The summed E-state index contributed by atoms with van der Waals surface area (Å²) in [6, 6.07) is 6.83. The third kappa shape index (κ3) is 3.10. The van der Waals surface area contributed by atoms with Crippen LogP contribution in [0.25, 0.3) is 0 Å². The summed E-state index contributed by atoms with van der Waals surface area (Å²) in [6.07, 6.45) is 1.53. The Morgan fingerprint density at radius 1 is 1.33 bits per heavy atom. The monoisotopic (exact) mass is 354 g/mol. The highest BCUT2D eigenvalue weighted by Gasteiger charge is 2.51. The van der Waals surface area contributed by atoms with Gasteiger partial charge in [0.1, 0.15) is 5.82 Å². The predicted molar refractivity (Wildman–Crippen MR) is 88.4 cm³/mol. The van der Waals surface area contributed by atoms with Gasteiger partial charge in [-0.05, 0) is 18.9 Å². The lowest BCUT2D eigenvalue weighted by atomic mass is 9.81. The van der Waals surface area contributed by atoms with E-state index in [0.717, 1.165) is 25.9 Å². The van der Waals surface area contributed by atoms with Gasteiger partial charge in [-0.1, -0.05) is 18.2 Å². The average Bonchev–Trinajstić information content (AvgIpc) is 3.25. The lowest BCUT2D eigenvalue weighted by molar-refractivity contribution is 0.128. The van der Waals surface area contributed by atoms with Crippen LogP contribution in [-0.4, -0.2) is 51.4 Å². The Labute approximate surface area is 142 Å². The molecular formula is C17H23FN2O3S. The van der Waals surface area contributed by atoms with Gasteiger partial charge in [-0.2, -0.15) is 0 Å². The summed E-state index contributed by atoms with van der Waals surface area (Å²) in [6.45, 7) is 3.75. The molecular weight excluding hydrogens is 331 g/mol. The summed E-state index contributed by atoms with van der Waals surface area (Å²) in [5.41, 5.74) is 0.500. The molecule has 2 aliphatic heterocycles. The lowest BCUT2D eigenvalue weighted by Crippen LogP contribution is -2.43. The highest BCUT2D eigenvalue weighted by molar-refractivity contribution is 7.90. The first kappa shape index (κ1) is 16.4. The maximum Gasteiger partial charge on any atom is 0.214 e. The molecule has 0 aromatic heterocycles. The number of nitrogens with zero attached hydrogens (tertiary/aromatic N) is 1. The van der Waals surface area contributed by atoms with Crippen molar-refractivity contribution in [3.63, 3.8) is 0 Å². The van der Waals surface area contributed by atoms with E-state index in [-0.39, 0.29) is 16.5 Å².